The van der Waals surface area contributed by atoms with Crippen molar-refractivity contribution < 1.29 is 9.90 Å². The number of aliphatic hydroxyl groups excluding tert-OH is 1. The molecule has 1 fully saturated rings. The molecule has 2 atom stereocenters. The number of hydrogen-bond donors (Lipinski definition) is 2. The molecule has 5 nitrogen and oxygen atoms in total. The van der Waals surface area contributed by atoms with Crippen LogP contribution in [0.4, 0.5) is 0 Å². The minimum absolute atomic E-state index is 0.00619. The van der Waals surface area contributed by atoms with Crippen molar-refractivity contribution in [1.29, 1.82) is 0 Å². The summed E-state index contributed by atoms with van der Waals surface area (Å²) in [6, 6.07) is 3.79. The van der Waals surface area contributed by atoms with Gasteiger partial charge in [0.25, 0.3) is 0 Å². The van der Waals surface area contributed by atoms with Gasteiger partial charge >= 0.3 is 0 Å². The van der Waals surface area contributed by atoms with Crippen molar-refractivity contribution in [3.8, 4) is 0 Å². The largest absolute Gasteiger partial charge is 0.396 e. The van der Waals surface area contributed by atoms with Crippen molar-refractivity contribution in [2.24, 2.45) is 0 Å². The van der Waals surface area contributed by atoms with Crippen LogP contribution in [-0.4, -0.2) is 46.1 Å². The molecule has 2 heterocycles. The molecule has 0 spiro atoms. The van der Waals surface area contributed by atoms with Gasteiger partial charge in [-0.15, -0.1) is 0 Å². The maximum absolute atomic E-state index is 11.9. The summed E-state index contributed by atoms with van der Waals surface area (Å²) < 4.78 is 0. The lowest BCUT2D eigenvalue weighted by molar-refractivity contribution is -0.131. The van der Waals surface area contributed by atoms with E-state index in [4.69, 9.17) is 5.11 Å². The summed E-state index contributed by atoms with van der Waals surface area (Å²) in [4.78, 5) is 18.1. The number of nitrogens with zero attached hydrogens (tertiary/aromatic N) is 2. The van der Waals surface area contributed by atoms with Crippen LogP contribution in [0.5, 0.6) is 0 Å². The SMILES string of the molecule is CC1CN(Cc2cccnc2)C(CCO)C(=O)N1. The summed E-state index contributed by atoms with van der Waals surface area (Å²) >= 11 is 0. The molecule has 2 unspecified atom stereocenters. The van der Waals surface area contributed by atoms with E-state index in [0.717, 1.165) is 12.1 Å². The minimum atomic E-state index is -0.244. The molecule has 1 aromatic heterocycles. The quantitative estimate of drug-likeness (QED) is 0.797. The Labute approximate surface area is 107 Å². The number of rotatable bonds is 4. The molecule has 5 heteroatoms. The molecule has 2 rings (SSSR count). The highest BCUT2D eigenvalue weighted by atomic mass is 16.3. The predicted molar refractivity (Wildman–Crippen MR) is 67.7 cm³/mol. The molecule has 0 aliphatic carbocycles. The fraction of sp³-hybridized carbons (Fsp3) is 0.538. The topological polar surface area (TPSA) is 65.5 Å². The van der Waals surface area contributed by atoms with Crippen LogP contribution >= 0.6 is 0 Å². The molecular weight excluding hydrogens is 230 g/mol. The fourth-order valence-corrected chi connectivity index (χ4v) is 2.37. The Morgan fingerprint density at radius 1 is 1.61 bits per heavy atom. The van der Waals surface area contributed by atoms with Gasteiger partial charge in [0, 0.05) is 38.1 Å². The third-order valence-electron chi connectivity index (χ3n) is 3.15. The zero-order valence-corrected chi connectivity index (χ0v) is 10.5. The molecule has 1 aliphatic heterocycles. The van der Waals surface area contributed by atoms with Gasteiger partial charge in [0.05, 0.1) is 6.04 Å². The fourth-order valence-electron chi connectivity index (χ4n) is 2.37. The van der Waals surface area contributed by atoms with Crippen LogP contribution in [0.2, 0.25) is 0 Å². The van der Waals surface area contributed by atoms with Crippen molar-refractivity contribution in [3.63, 3.8) is 0 Å². The van der Waals surface area contributed by atoms with E-state index in [1.54, 1.807) is 6.20 Å². The second kappa shape index (κ2) is 5.93. The maximum atomic E-state index is 11.9. The van der Waals surface area contributed by atoms with Crippen molar-refractivity contribution in [2.75, 3.05) is 13.2 Å². The highest BCUT2D eigenvalue weighted by Crippen LogP contribution is 2.15. The first kappa shape index (κ1) is 13.0. The van der Waals surface area contributed by atoms with Crippen LogP contribution in [0.15, 0.2) is 24.5 Å². The monoisotopic (exact) mass is 249 g/mol. The number of piperazine rings is 1. The van der Waals surface area contributed by atoms with E-state index in [1.807, 2.05) is 25.3 Å². The maximum Gasteiger partial charge on any atom is 0.237 e. The van der Waals surface area contributed by atoms with E-state index < -0.39 is 0 Å². The van der Waals surface area contributed by atoms with Crippen LogP contribution < -0.4 is 5.32 Å². The number of amides is 1. The average Bonchev–Trinajstić information content (AvgIpc) is 2.35. The Bertz CT molecular complexity index is 396. The minimum Gasteiger partial charge on any atom is -0.396 e. The lowest BCUT2D eigenvalue weighted by atomic mass is 10.1. The first-order valence-electron chi connectivity index (χ1n) is 6.25. The highest BCUT2D eigenvalue weighted by molar-refractivity contribution is 5.82. The number of nitrogens with one attached hydrogen (secondary N) is 1. The zero-order chi connectivity index (χ0) is 13.0. The van der Waals surface area contributed by atoms with Gasteiger partial charge in [-0.3, -0.25) is 14.7 Å². The van der Waals surface area contributed by atoms with Gasteiger partial charge in [0.2, 0.25) is 5.91 Å². The third kappa shape index (κ3) is 3.05. The van der Waals surface area contributed by atoms with E-state index in [9.17, 15) is 4.79 Å². The molecule has 98 valence electrons. The van der Waals surface area contributed by atoms with Crippen molar-refractivity contribution >= 4 is 5.91 Å². The van der Waals surface area contributed by atoms with Gasteiger partial charge in [0.15, 0.2) is 0 Å². The molecule has 0 bridgehead atoms. The standard InChI is InChI=1S/C13H19N3O2/c1-10-8-16(9-11-3-2-5-14-7-11)12(4-6-17)13(18)15-10/h2-3,5,7,10,12,17H,4,6,8-9H2,1H3,(H,15,18). The third-order valence-corrected chi connectivity index (χ3v) is 3.15. The van der Waals surface area contributed by atoms with Crippen LogP contribution in [0.1, 0.15) is 18.9 Å². The summed E-state index contributed by atoms with van der Waals surface area (Å²) in [5.74, 6) is 0.00619. The molecule has 2 N–H and O–H groups in total. The normalized spacial score (nSPS) is 24.9. The number of carbonyl (C=O) groups is 1. The van der Waals surface area contributed by atoms with Gasteiger partial charge in [-0.2, -0.15) is 0 Å². The smallest absolute Gasteiger partial charge is 0.237 e. The van der Waals surface area contributed by atoms with Gasteiger partial charge in [-0.05, 0) is 25.0 Å². The van der Waals surface area contributed by atoms with Gasteiger partial charge in [0.1, 0.15) is 0 Å². The zero-order valence-electron chi connectivity index (χ0n) is 10.5. The number of aromatic nitrogens is 1. The molecule has 0 radical (unpaired) electrons. The second-order valence-electron chi connectivity index (χ2n) is 4.73. The van der Waals surface area contributed by atoms with Crippen LogP contribution in [0, 0.1) is 0 Å². The van der Waals surface area contributed by atoms with E-state index in [2.05, 4.69) is 15.2 Å². The van der Waals surface area contributed by atoms with E-state index >= 15 is 0 Å². The summed E-state index contributed by atoms with van der Waals surface area (Å²) in [6.07, 6.45) is 4.02. The number of carbonyl (C=O) groups excluding carboxylic acids is 1. The highest BCUT2D eigenvalue weighted by Gasteiger charge is 2.32. The van der Waals surface area contributed by atoms with Crippen molar-refractivity contribution in [3.05, 3.63) is 30.1 Å². The summed E-state index contributed by atoms with van der Waals surface area (Å²) in [7, 11) is 0. The molecule has 18 heavy (non-hydrogen) atoms. The Balaban J connectivity index is 2.09. The average molecular weight is 249 g/mol. The van der Waals surface area contributed by atoms with E-state index in [0.29, 0.717) is 13.0 Å². The molecule has 0 saturated carbocycles. The van der Waals surface area contributed by atoms with Gasteiger partial charge in [-0.25, -0.2) is 0 Å². The Kier molecular flexibility index (Phi) is 4.28. The number of aliphatic hydroxyl groups is 1. The Morgan fingerprint density at radius 3 is 3.11 bits per heavy atom. The molecule has 1 aromatic rings. The van der Waals surface area contributed by atoms with E-state index in [-0.39, 0.29) is 24.6 Å². The predicted octanol–water partition coefficient (Wildman–Crippen LogP) is 0.153. The summed E-state index contributed by atoms with van der Waals surface area (Å²) in [6.45, 7) is 3.50. The molecule has 0 aromatic carbocycles. The molecular formula is C13H19N3O2. The van der Waals surface area contributed by atoms with Crippen LogP contribution in [-0.2, 0) is 11.3 Å². The first-order chi connectivity index (χ1) is 8.70. The molecule has 1 saturated heterocycles. The van der Waals surface area contributed by atoms with Gasteiger partial charge < -0.3 is 10.4 Å². The lowest BCUT2D eigenvalue weighted by Gasteiger charge is -2.38. The number of hydrogen-bond acceptors (Lipinski definition) is 4. The second-order valence-corrected chi connectivity index (χ2v) is 4.73. The Morgan fingerprint density at radius 2 is 2.44 bits per heavy atom. The summed E-state index contributed by atoms with van der Waals surface area (Å²) in [5, 5.41) is 12.0. The van der Waals surface area contributed by atoms with Crippen LogP contribution in [0.25, 0.3) is 0 Å². The lowest BCUT2D eigenvalue weighted by Crippen LogP contribution is -2.58. The summed E-state index contributed by atoms with van der Waals surface area (Å²) in [5.41, 5.74) is 1.09. The first-order valence-corrected chi connectivity index (χ1v) is 6.25. The van der Waals surface area contributed by atoms with Crippen molar-refractivity contribution in [1.82, 2.24) is 15.2 Å². The molecule has 1 aliphatic rings. The van der Waals surface area contributed by atoms with Crippen molar-refractivity contribution in [2.45, 2.75) is 32.0 Å². The molecule has 1 amide bonds. The van der Waals surface area contributed by atoms with Gasteiger partial charge in [-0.1, -0.05) is 6.07 Å². The van der Waals surface area contributed by atoms with E-state index in [1.165, 1.54) is 0 Å². The number of pyridine rings is 1. The Hall–Kier alpha value is -1.46. The van der Waals surface area contributed by atoms with Crippen LogP contribution in [0.3, 0.4) is 0 Å².